The molecule has 0 unspecified atom stereocenters. The van der Waals surface area contributed by atoms with E-state index >= 15 is 0 Å². The number of nitrogens with two attached hydrogens (primary N) is 1. The molecule has 1 aliphatic heterocycles. The largest absolute Gasteiger partial charge is 0.467 e. The molecule has 5 heteroatoms. The summed E-state index contributed by atoms with van der Waals surface area (Å²) >= 11 is 6.49. The summed E-state index contributed by atoms with van der Waals surface area (Å²) in [6.07, 6.45) is 2.71. The predicted octanol–water partition coefficient (Wildman–Crippen LogP) is 6.01. The van der Waals surface area contributed by atoms with Gasteiger partial charge in [-0.05, 0) is 66.5 Å². The van der Waals surface area contributed by atoms with E-state index in [0.717, 1.165) is 52.9 Å². The second-order valence-corrected chi connectivity index (χ2v) is 8.51. The van der Waals surface area contributed by atoms with Crippen molar-refractivity contribution in [2.45, 2.75) is 46.6 Å². The molecule has 0 saturated carbocycles. The predicted molar refractivity (Wildman–Crippen MR) is 127 cm³/mol. The summed E-state index contributed by atoms with van der Waals surface area (Å²) in [5, 5.41) is 0.645. The lowest BCUT2D eigenvalue weighted by Gasteiger charge is -2.16. The van der Waals surface area contributed by atoms with Gasteiger partial charge < -0.3 is 10.5 Å². The van der Waals surface area contributed by atoms with Crippen LogP contribution in [-0.2, 0) is 17.7 Å². The van der Waals surface area contributed by atoms with Crippen LogP contribution in [0.5, 0.6) is 0 Å². The standard InChI is InChI=1S/C25H30ClN3O/c1-16(2)13-18-6-9-20(10-7-18)23-12-5-17(3)24(29-25(28-23)30-4)21-14-19(15-27)8-11-22(21)26/h6-11,14,16H,5,12-13,15,27H2,1-4H3/b24-17-,28-23?,29-25?. The van der Waals surface area contributed by atoms with Gasteiger partial charge in [0.15, 0.2) is 0 Å². The zero-order chi connectivity index (χ0) is 21.7. The van der Waals surface area contributed by atoms with Gasteiger partial charge in [-0.15, -0.1) is 0 Å². The lowest BCUT2D eigenvalue weighted by molar-refractivity contribution is 0.397. The van der Waals surface area contributed by atoms with Gasteiger partial charge in [-0.25, -0.2) is 0 Å². The first kappa shape index (κ1) is 22.3. The van der Waals surface area contributed by atoms with Crippen LogP contribution in [0.4, 0.5) is 0 Å². The van der Waals surface area contributed by atoms with E-state index in [1.165, 1.54) is 5.56 Å². The third-order valence-electron chi connectivity index (χ3n) is 5.21. The quantitative estimate of drug-likeness (QED) is 0.639. The Hall–Kier alpha value is -2.43. The molecular formula is C25H30ClN3O. The van der Waals surface area contributed by atoms with Crippen LogP contribution in [0.15, 0.2) is 58.0 Å². The average molecular weight is 424 g/mol. The van der Waals surface area contributed by atoms with Crippen LogP contribution < -0.4 is 5.73 Å². The van der Waals surface area contributed by atoms with E-state index in [1.54, 1.807) is 7.11 Å². The summed E-state index contributed by atoms with van der Waals surface area (Å²) < 4.78 is 5.51. The second kappa shape index (κ2) is 10.1. The van der Waals surface area contributed by atoms with Gasteiger partial charge in [-0.3, -0.25) is 0 Å². The highest BCUT2D eigenvalue weighted by Crippen LogP contribution is 2.32. The number of ether oxygens (including phenoxy) is 1. The summed E-state index contributed by atoms with van der Waals surface area (Å²) in [6, 6.07) is 14.8. The molecule has 0 spiro atoms. The topological polar surface area (TPSA) is 60.0 Å². The van der Waals surface area contributed by atoms with Gasteiger partial charge >= 0.3 is 6.02 Å². The number of allylic oxidation sites excluding steroid dienone is 1. The van der Waals surface area contributed by atoms with Crippen LogP contribution in [0.3, 0.4) is 0 Å². The third-order valence-corrected chi connectivity index (χ3v) is 5.54. The molecule has 2 aromatic rings. The van der Waals surface area contributed by atoms with Gasteiger partial charge in [-0.2, -0.15) is 9.98 Å². The Morgan fingerprint density at radius 1 is 1.03 bits per heavy atom. The number of rotatable bonds is 5. The lowest BCUT2D eigenvalue weighted by Crippen LogP contribution is -2.11. The summed E-state index contributed by atoms with van der Waals surface area (Å²) in [7, 11) is 1.60. The zero-order valence-electron chi connectivity index (χ0n) is 18.2. The van der Waals surface area contributed by atoms with E-state index in [1.807, 2.05) is 18.2 Å². The number of aliphatic imine (C=N–C) groups is 2. The Kier molecular flexibility index (Phi) is 7.46. The van der Waals surface area contributed by atoms with E-state index in [-0.39, 0.29) is 0 Å². The zero-order valence-corrected chi connectivity index (χ0v) is 19.0. The Bertz CT molecular complexity index is 988. The van der Waals surface area contributed by atoms with Crippen molar-refractivity contribution < 1.29 is 4.74 Å². The maximum absolute atomic E-state index is 6.49. The second-order valence-electron chi connectivity index (χ2n) is 8.10. The van der Waals surface area contributed by atoms with E-state index in [9.17, 15) is 0 Å². The van der Waals surface area contributed by atoms with E-state index in [2.05, 4.69) is 45.0 Å². The molecular weight excluding hydrogens is 394 g/mol. The smallest absolute Gasteiger partial charge is 0.316 e. The van der Waals surface area contributed by atoms with Gasteiger partial charge in [0.1, 0.15) is 0 Å². The fourth-order valence-electron chi connectivity index (χ4n) is 3.59. The van der Waals surface area contributed by atoms with Crippen molar-refractivity contribution in [3.8, 4) is 0 Å². The Balaban J connectivity index is 1.97. The van der Waals surface area contributed by atoms with Crippen LogP contribution in [-0.4, -0.2) is 18.8 Å². The van der Waals surface area contributed by atoms with Crippen molar-refractivity contribution in [2.75, 3.05) is 7.11 Å². The molecule has 1 aliphatic rings. The molecule has 0 bridgehead atoms. The first-order valence-corrected chi connectivity index (χ1v) is 10.8. The summed E-state index contributed by atoms with van der Waals surface area (Å²) in [4.78, 5) is 9.48. The van der Waals surface area contributed by atoms with Gasteiger partial charge in [0.2, 0.25) is 0 Å². The molecule has 2 aromatic carbocycles. The minimum Gasteiger partial charge on any atom is -0.467 e. The molecule has 2 N–H and O–H groups in total. The molecule has 1 heterocycles. The summed E-state index contributed by atoms with van der Waals surface area (Å²) in [5.74, 6) is 0.637. The third kappa shape index (κ3) is 5.38. The normalized spacial score (nSPS) is 17.3. The number of hydrogen-bond donors (Lipinski definition) is 1. The number of benzene rings is 2. The first-order valence-electron chi connectivity index (χ1n) is 10.4. The van der Waals surface area contributed by atoms with Crippen LogP contribution in [0.2, 0.25) is 5.02 Å². The minimum absolute atomic E-state index is 0.333. The number of hydrogen-bond acceptors (Lipinski definition) is 4. The number of halogens is 1. The fourth-order valence-corrected chi connectivity index (χ4v) is 3.79. The maximum Gasteiger partial charge on any atom is 0.316 e. The Morgan fingerprint density at radius 2 is 1.73 bits per heavy atom. The average Bonchev–Trinajstić information content (AvgIpc) is 2.72. The molecule has 0 radical (unpaired) electrons. The van der Waals surface area contributed by atoms with Crippen molar-refractivity contribution in [1.82, 2.24) is 0 Å². The van der Waals surface area contributed by atoms with Crippen molar-refractivity contribution in [2.24, 2.45) is 21.6 Å². The van der Waals surface area contributed by atoms with Crippen LogP contribution in [0, 0.1) is 5.92 Å². The van der Waals surface area contributed by atoms with Crippen LogP contribution in [0.1, 0.15) is 55.9 Å². The maximum atomic E-state index is 6.49. The molecule has 0 aliphatic carbocycles. The fraction of sp³-hybridized carbons (Fsp3) is 0.360. The van der Waals surface area contributed by atoms with Gasteiger partial charge in [0, 0.05) is 17.1 Å². The SMILES string of the molecule is COC1=N/C(c2cc(CN)ccc2Cl)=C(/C)CCC(c2ccc(CC(C)C)cc2)=N1. The van der Waals surface area contributed by atoms with E-state index < -0.39 is 0 Å². The Morgan fingerprint density at radius 3 is 2.37 bits per heavy atom. The van der Waals surface area contributed by atoms with E-state index in [0.29, 0.717) is 23.5 Å². The van der Waals surface area contributed by atoms with E-state index in [4.69, 9.17) is 32.1 Å². The monoisotopic (exact) mass is 423 g/mol. The highest BCUT2D eigenvalue weighted by atomic mass is 35.5. The molecule has 0 amide bonds. The van der Waals surface area contributed by atoms with Crippen molar-refractivity contribution in [3.05, 3.63) is 75.3 Å². The molecule has 0 aromatic heterocycles. The van der Waals surface area contributed by atoms with Gasteiger partial charge in [0.25, 0.3) is 0 Å². The molecule has 0 saturated heterocycles. The molecule has 0 atom stereocenters. The molecule has 0 fully saturated rings. The molecule has 4 nitrogen and oxygen atoms in total. The van der Waals surface area contributed by atoms with Gasteiger partial charge in [-0.1, -0.05) is 55.8 Å². The van der Waals surface area contributed by atoms with Crippen molar-refractivity contribution >= 4 is 29.0 Å². The minimum atomic E-state index is 0.333. The summed E-state index contributed by atoms with van der Waals surface area (Å²) in [5.41, 5.74) is 13.1. The lowest BCUT2D eigenvalue weighted by atomic mass is 9.96. The van der Waals surface area contributed by atoms with Crippen molar-refractivity contribution in [3.63, 3.8) is 0 Å². The van der Waals surface area contributed by atoms with Gasteiger partial charge in [0.05, 0.1) is 18.5 Å². The molecule has 3 rings (SSSR count). The molecule has 158 valence electrons. The number of amidine groups is 1. The first-order chi connectivity index (χ1) is 14.4. The highest BCUT2D eigenvalue weighted by Gasteiger charge is 2.17. The summed E-state index contributed by atoms with van der Waals surface area (Å²) in [6.45, 7) is 7.01. The van der Waals surface area contributed by atoms with Crippen LogP contribution in [0.25, 0.3) is 5.70 Å². The number of methoxy groups -OCH3 is 1. The van der Waals surface area contributed by atoms with Crippen molar-refractivity contribution in [1.29, 1.82) is 0 Å². The highest BCUT2D eigenvalue weighted by molar-refractivity contribution is 6.32. The van der Waals surface area contributed by atoms with Crippen LogP contribution >= 0.6 is 11.6 Å². The number of nitrogens with zero attached hydrogens (tertiary/aromatic N) is 2. The molecule has 30 heavy (non-hydrogen) atoms. The Labute approximate surface area is 184 Å².